The highest BCUT2D eigenvalue weighted by Crippen LogP contribution is 2.05. The van der Waals surface area contributed by atoms with E-state index in [1.807, 2.05) is 0 Å². The average molecular weight is 455 g/mol. The number of hydrogen-bond acceptors (Lipinski definition) is 7. The molecule has 0 aliphatic heterocycles. The van der Waals surface area contributed by atoms with Gasteiger partial charge in [0, 0.05) is 12.2 Å². The lowest BCUT2D eigenvalue weighted by Crippen LogP contribution is -2.58. The Morgan fingerprint density at radius 3 is 2.00 bits per heavy atom. The third-order valence-corrected chi connectivity index (χ3v) is 4.58. The smallest absolute Gasteiger partial charge is 0.325 e. The van der Waals surface area contributed by atoms with Crippen molar-refractivity contribution < 1.29 is 34.2 Å². The summed E-state index contributed by atoms with van der Waals surface area (Å²) >= 11 is 3.88. The van der Waals surface area contributed by atoms with Crippen LogP contribution in [0.25, 0.3) is 0 Å². The summed E-state index contributed by atoms with van der Waals surface area (Å²) < 4.78 is 0. The molecule has 4 atom stereocenters. The van der Waals surface area contributed by atoms with Gasteiger partial charge in [0.05, 0.1) is 12.5 Å². The molecule has 0 saturated carbocycles. The van der Waals surface area contributed by atoms with E-state index in [-0.39, 0.29) is 12.2 Å². The number of hydrogen-bond donors (Lipinski definition) is 7. The number of carbonyl (C=O) groups is 5. The van der Waals surface area contributed by atoms with Crippen LogP contribution >= 0.6 is 12.6 Å². The molecule has 1 aromatic carbocycles. The average Bonchev–Trinajstić information content (AvgIpc) is 2.72. The predicted octanol–water partition coefficient (Wildman–Crippen LogP) is -1.48. The quantitative estimate of drug-likeness (QED) is 0.186. The highest BCUT2D eigenvalue weighted by atomic mass is 32.1. The summed E-state index contributed by atoms with van der Waals surface area (Å²) in [6.45, 7) is 1.26. The zero-order chi connectivity index (χ0) is 23.6. The number of amides is 3. The second-order valence-corrected chi connectivity index (χ2v) is 7.13. The predicted molar refractivity (Wildman–Crippen MR) is 113 cm³/mol. The van der Waals surface area contributed by atoms with Crippen LogP contribution in [0.5, 0.6) is 0 Å². The highest BCUT2D eigenvalue weighted by Gasteiger charge is 2.30. The normalized spacial score (nSPS) is 14.4. The van der Waals surface area contributed by atoms with Crippen molar-refractivity contribution in [2.45, 2.75) is 43.9 Å². The summed E-state index contributed by atoms with van der Waals surface area (Å²) in [6.07, 6.45) is -0.739. The molecule has 7 N–H and O–H groups in total. The fraction of sp³-hybridized carbons (Fsp3) is 0.421. The highest BCUT2D eigenvalue weighted by molar-refractivity contribution is 7.80. The molecule has 1 rings (SSSR count). The molecule has 1 aromatic rings. The molecule has 0 saturated heterocycles. The first-order chi connectivity index (χ1) is 14.5. The first-order valence-electron chi connectivity index (χ1n) is 9.31. The van der Waals surface area contributed by atoms with Gasteiger partial charge < -0.3 is 31.9 Å². The molecule has 0 aromatic heterocycles. The van der Waals surface area contributed by atoms with Gasteiger partial charge in [-0.3, -0.25) is 24.0 Å². The molecule has 0 fully saturated rings. The van der Waals surface area contributed by atoms with Crippen LogP contribution in [0.4, 0.5) is 0 Å². The Balaban J connectivity index is 3.04. The maximum atomic E-state index is 12.7. The molecular formula is C19H26N4O7S. The van der Waals surface area contributed by atoms with E-state index in [2.05, 4.69) is 28.6 Å². The van der Waals surface area contributed by atoms with Gasteiger partial charge in [-0.2, -0.15) is 12.6 Å². The minimum absolute atomic E-state index is 0.00858. The fourth-order valence-corrected chi connectivity index (χ4v) is 2.62. The zero-order valence-electron chi connectivity index (χ0n) is 16.8. The van der Waals surface area contributed by atoms with E-state index in [9.17, 15) is 24.0 Å². The van der Waals surface area contributed by atoms with Crippen molar-refractivity contribution in [1.82, 2.24) is 16.0 Å². The summed E-state index contributed by atoms with van der Waals surface area (Å²) in [6, 6.07) is 3.61. The number of rotatable bonds is 12. The Labute approximate surface area is 184 Å². The van der Waals surface area contributed by atoms with E-state index in [0.717, 1.165) is 0 Å². The van der Waals surface area contributed by atoms with Crippen LogP contribution in [0.2, 0.25) is 0 Å². The van der Waals surface area contributed by atoms with Gasteiger partial charge in [0.25, 0.3) is 0 Å². The number of carboxylic acid groups (broad SMARTS) is 2. The van der Waals surface area contributed by atoms with Crippen molar-refractivity contribution in [2.75, 3.05) is 5.75 Å². The topological polar surface area (TPSA) is 188 Å². The van der Waals surface area contributed by atoms with Crippen molar-refractivity contribution in [3.63, 3.8) is 0 Å². The van der Waals surface area contributed by atoms with Gasteiger partial charge in [0.1, 0.15) is 18.1 Å². The van der Waals surface area contributed by atoms with Crippen LogP contribution < -0.4 is 21.7 Å². The molecule has 0 radical (unpaired) electrons. The van der Waals surface area contributed by atoms with Crippen LogP contribution in [-0.4, -0.2) is 69.8 Å². The van der Waals surface area contributed by atoms with Gasteiger partial charge in [0.2, 0.25) is 17.7 Å². The van der Waals surface area contributed by atoms with Crippen molar-refractivity contribution in [2.24, 2.45) is 5.73 Å². The SMILES string of the molecule is CC(NC(=O)C(Cc1ccccc1)NC(=O)C(CC(=O)O)NC(=O)C(N)CS)C(=O)O. The van der Waals surface area contributed by atoms with Crippen LogP contribution in [-0.2, 0) is 30.4 Å². The molecule has 31 heavy (non-hydrogen) atoms. The molecule has 0 aliphatic carbocycles. The Bertz CT molecular complexity index is 806. The third kappa shape index (κ3) is 9.05. The standard InChI is InChI=1S/C19H26N4O7S/c1-10(19(29)30)21-17(27)13(7-11-5-3-2-4-6-11)23-18(28)14(8-15(24)25)22-16(26)12(20)9-31/h2-6,10,12-14,31H,7-9,20H2,1H3,(H,21,27)(H,22,26)(H,23,28)(H,24,25)(H,29,30). The monoisotopic (exact) mass is 454 g/mol. The molecule has 0 spiro atoms. The number of thiol groups is 1. The van der Waals surface area contributed by atoms with Crippen LogP contribution in [0.1, 0.15) is 18.9 Å². The van der Waals surface area contributed by atoms with E-state index >= 15 is 0 Å². The second-order valence-electron chi connectivity index (χ2n) is 6.77. The van der Waals surface area contributed by atoms with E-state index in [1.54, 1.807) is 30.3 Å². The van der Waals surface area contributed by atoms with Crippen LogP contribution in [0.3, 0.4) is 0 Å². The Morgan fingerprint density at radius 1 is 0.935 bits per heavy atom. The summed E-state index contributed by atoms with van der Waals surface area (Å²) in [5.74, 6) is -5.14. The van der Waals surface area contributed by atoms with Gasteiger partial charge >= 0.3 is 11.9 Å². The van der Waals surface area contributed by atoms with E-state index in [0.29, 0.717) is 5.56 Å². The molecule has 4 unspecified atom stereocenters. The molecule has 3 amide bonds. The van der Waals surface area contributed by atoms with Crippen molar-refractivity contribution >= 4 is 42.3 Å². The van der Waals surface area contributed by atoms with Gasteiger partial charge in [0.15, 0.2) is 0 Å². The Morgan fingerprint density at radius 2 is 1.48 bits per heavy atom. The molecule has 12 heteroatoms. The molecule has 0 bridgehead atoms. The maximum absolute atomic E-state index is 12.7. The molecule has 11 nitrogen and oxygen atoms in total. The number of carboxylic acids is 2. The first kappa shape index (κ1) is 25.9. The van der Waals surface area contributed by atoms with Crippen molar-refractivity contribution in [3.8, 4) is 0 Å². The lowest BCUT2D eigenvalue weighted by Gasteiger charge is -2.24. The second kappa shape index (κ2) is 12.5. The summed E-state index contributed by atoms with van der Waals surface area (Å²) in [7, 11) is 0. The minimum Gasteiger partial charge on any atom is -0.481 e. The van der Waals surface area contributed by atoms with Gasteiger partial charge in [-0.05, 0) is 12.5 Å². The molecule has 0 aliphatic rings. The number of benzene rings is 1. The number of carbonyl (C=O) groups excluding carboxylic acids is 3. The molecule has 170 valence electrons. The molecular weight excluding hydrogens is 428 g/mol. The number of nitrogens with one attached hydrogen (secondary N) is 3. The van der Waals surface area contributed by atoms with Gasteiger partial charge in [-0.1, -0.05) is 30.3 Å². The fourth-order valence-electron chi connectivity index (χ4n) is 2.45. The Kier molecular flexibility index (Phi) is 10.5. The summed E-state index contributed by atoms with van der Waals surface area (Å²) in [5.41, 5.74) is 6.21. The lowest BCUT2D eigenvalue weighted by molar-refractivity contribution is -0.143. The molecule has 0 heterocycles. The number of aliphatic carboxylic acids is 2. The van der Waals surface area contributed by atoms with E-state index in [4.69, 9.17) is 15.9 Å². The summed E-state index contributed by atoms with van der Waals surface area (Å²) in [4.78, 5) is 59.5. The number of nitrogens with two attached hydrogens (primary N) is 1. The Hall–Kier alpha value is -3.12. The lowest BCUT2D eigenvalue weighted by atomic mass is 10.0. The third-order valence-electron chi connectivity index (χ3n) is 4.19. The zero-order valence-corrected chi connectivity index (χ0v) is 17.7. The van der Waals surface area contributed by atoms with Crippen molar-refractivity contribution in [3.05, 3.63) is 35.9 Å². The van der Waals surface area contributed by atoms with E-state index in [1.165, 1.54) is 6.92 Å². The van der Waals surface area contributed by atoms with Crippen LogP contribution in [0, 0.1) is 0 Å². The minimum atomic E-state index is -1.50. The van der Waals surface area contributed by atoms with E-state index < -0.39 is 60.2 Å². The largest absolute Gasteiger partial charge is 0.481 e. The first-order valence-corrected chi connectivity index (χ1v) is 9.94. The maximum Gasteiger partial charge on any atom is 0.325 e. The van der Waals surface area contributed by atoms with Gasteiger partial charge in [-0.15, -0.1) is 0 Å². The van der Waals surface area contributed by atoms with Crippen LogP contribution in [0.15, 0.2) is 30.3 Å². The summed E-state index contributed by atoms with van der Waals surface area (Å²) in [5, 5.41) is 25.0. The van der Waals surface area contributed by atoms with Crippen molar-refractivity contribution in [1.29, 1.82) is 0 Å². The van der Waals surface area contributed by atoms with Gasteiger partial charge in [-0.25, -0.2) is 0 Å².